The molecule has 1 aliphatic heterocycles. The fourth-order valence-corrected chi connectivity index (χ4v) is 3.31. The number of thioether (sulfide) groups is 1. The molecule has 0 radical (unpaired) electrons. The van der Waals surface area contributed by atoms with Gasteiger partial charge in [0.2, 0.25) is 0 Å². The Morgan fingerprint density at radius 1 is 1.53 bits per heavy atom. The quantitative estimate of drug-likeness (QED) is 0.840. The highest BCUT2D eigenvalue weighted by Gasteiger charge is 2.17. The summed E-state index contributed by atoms with van der Waals surface area (Å²) in [6.45, 7) is 5.53. The Morgan fingerprint density at radius 2 is 2.37 bits per heavy atom. The lowest BCUT2D eigenvalue weighted by Gasteiger charge is -2.30. The first-order valence-corrected chi connectivity index (χ1v) is 7.55. The van der Waals surface area contributed by atoms with Gasteiger partial charge in [0.05, 0.1) is 6.54 Å². The number of benzene rings is 1. The van der Waals surface area contributed by atoms with Crippen LogP contribution in [0.5, 0.6) is 0 Å². The summed E-state index contributed by atoms with van der Waals surface area (Å²) in [6, 6.07) is 4.84. The first kappa shape index (κ1) is 14.4. The molecule has 1 aromatic carbocycles. The van der Waals surface area contributed by atoms with Crippen molar-refractivity contribution in [3.63, 3.8) is 0 Å². The van der Waals surface area contributed by atoms with E-state index in [1.54, 1.807) is 0 Å². The van der Waals surface area contributed by atoms with Crippen LogP contribution >= 0.6 is 11.8 Å². The zero-order valence-electron chi connectivity index (χ0n) is 11.2. The summed E-state index contributed by atoms with van der Waals surface area (Å²) in [4.78, 5) is 2.40. The maximum absolute atomic E-state index is 13.3. The molecule has 0 aliphatic carbocycles. The number of rotatable bonds is 2. The molecule has 1 heterocycles. The van der Waals surface area contributed by atoms with Gasteiger partial charge in [-0.15, -0.1) is 0 Å². The van der Waals surface area contributed by atoms with Crippen LogP contribution in [0.1, 0.15) is 18.1 Å². The van der Waals surface area contributed by atoms with Gasteiger partial charge in [-0.1, -0.05) is 24.8 Å². The number of hydrogen-bond donors (Lipinski definition) is 1. The number of hydrogen-bond acceptors (Lipinski definition) is 3. The monoisotopic (exact) mass is 278 g/mol. The maximum atomic E-state index is 13.3. The Hall–Kier alpha value is -1.02. The van der Waals surface area contributed by atoms with Gasteiger partial charge in [-0.05, 0) is 17.7 Å². The summed E-state index contributed by atoms with van der Waals surface area (Å²) in [7, 11) is 0. The van der Waals surface area contributed by atoms with Crippen molar-refractivity contribution in [1.82, 2.24) is 4.90 Å². The van der Waals surface area contributed by atoms with E-state index in [1.807, 2.05) is 17.8 Å². The first-order valence-electron chi connectivity index (χ1n) is 6.50. The predicted molar refractivity (Wildman–Crippen MR) is 79.5 cm³/mol. The molecular weight excluding hydrogens is 259 g/mol. The smallest absolute Gasteiger partial charge is 0.124 e. The number of nitrogens with zero attached hydrogens (tertiary/aromatic N) is 1. The van der Waals surface area contributed by atoms with Crippen LogP contribution in [-0.4, -0.2) is 35.5 Å². The lowest BCUT2D eigenvalue weighted by Crippen LogP contribution is -2.36. The fourth-order valence-electron chi connectivity index (χ4n) is 2.22. The molecule has 4 heteroatoms. The standard InChI is InChI=1S/C15H19FN2S/c1-12-10-18(7-8-19-12)11-14-4-5-15(16)9-13(14)3-2-6-17/h4-5,9,12H,6-8,10-11,17H2,1H3. The average molecular weight is 278 g/mol. The Morgan fingerprint density at radius 3 is 3.11 bits per heavy atom. The molecule has 2 rings (SSSR count). The molecule has 2 N–H and O–H groups in total. The van der Waals surface area contributed by atoms with E-state index in [1.165, 1.54) is 12.1 Å². The van der Waals surface area contributed by atoms with Gasteiger partial charge >= 0.3 is 0 Å². The minimum Gasteiger partial charge on any atom is -0.320 e. The fraction of sp³-hybridized carbons (Fsp3) is 0.467. The molecule has 1 fully saturated rings. The Balaban J connectivity index is 2.14. The highest BCUT2D eigenvalue weighted by molar-refractivity contribution is 7.99. The van der Waals surface area contributed by atoms with Crippen molar-refractivity contribution in [2.75, 3.05) is 25.4 Å². The van der Waals surface area contributed by atoms with Crippen LogP contribution in [0.15, 0.2) is 18.2 Å². The lowest BCUT2D eigenvalue weighted by molar-refractivity contribution is 0.278. The summed E-state index contributed by atoms with van der Waals surface area (Å²) in [5.74, 6) is 6.69. The van der Waals surface area contributed by atoms with Crippen LogP contribution in [0, 0.1) is 17.7 Å². The van der Waals surface area contributed by atoms with Gasteiger partial charge in [-0.3, -0.25) is 4.90 Å². The highest BCUT2D eigenvalue weighted by Crippen LogP contribution is 2.21. The van der Waals surface area contributed by atoms with Crippen LogP contribution in [-0.2, 0) is 6.54 Å². The van der Waals surface area contributed by atoms with Crippen molar-refractivity contribution in [2.45, 2.75) is 18.7 Å². The zero-order chi connectivity index (χ0) is 13.7. The molecule has 0 spiro atoms. The first-order chi connectivity index (χ1) is 9.19. The molecule has 1 saturated heterocycles. The van der Waals surface area contributed by atoms with E-state index in [0.29, 0.717) is 11.8 Å². The minimum atomic E-state index is -0.243. The van der Waals surface area contributed by atoms with E-state index in [2.05, 4.69) is 23.7 Å². The maximum Gasteiger partial charge on any atom is 0.124 e. The van der Waals surface area contributed by atoms with E-state index in [0.717, 1.165) is 36.5 Å². The molecular formula is C15H19FN2S. The third-order valence-electron chi connectivity index (χ3n) is 3.12. The van der Waals surface area contributed by atoms with E-state index in [-0.39, 0.29) is 5.82 Å². The second-order valence-corrected chi connectivity index (χ2v) is 6.27. The molecule has 1 atom stereocenters. The van der Waals surface area contributed by atoms with E-state index >= 15 is 0 Å². The molecule has 2 nitrogen and oxygen atoms in total. The van der Waals surface area contributed by atoms with Crippen molar-refractivity contribution in [3.8, 4) is 11.8 Å². The third kappa shape index (κ3) is 4.24. The van der Waals surface area contributed by atoms with E-state index < -0.39 is 0 Å². The Bertz CT molecular complexity index is 493. The molecule has 0 bridgehead atoms. The van der Waals surface area contributed by atoms with Gasteiger partial charge in [0, 0.05) is 36.2 Å². The topological polar surface area (TPSA) is 29.3 Å². The van der Waals surface area contributed by atoms with E-state index in [9.17, 15) is 4.39 Å². The van der Waals surface area contributed by atoms with Gasteiger partial charge in [-0.2, -0.15) is 11.8 Å². The van der Waals surface area contributed by atoms with Crippen molar-refractivity contribution in [1.29, 1.82) is 0 Å². The molecule has 0 aromatic heterocycles. The normalized spacial score (nSPS) is 19.8. The summed E-state index contributed by atoms with van der Waals surface area (Å²) in [6.07, 6.45) is 0. The second-order valence-electron chi connectivity index (χ2n) is 4.72. The second kappa shape index (κ2) is 6.95. The van der Waals surface area contributed by atoms with Crippen LogP contribution in [0.25, 0.3) is 0 Å². The molecule has 19 heavy (non-hydrogen) atoms. The summed E-state index contributed by atoms with van der Waals surface area (Å²) in [5.41, 5.74) is 7.23. The van der Waals surface area contributed by atoms with Crippen LogP contribution in [0.4, 0.5) is 4.39 Å². The lowest BCUT2D eigenvalue weighted by atomic mass is 10.1. The van der Waals surface area contributed by atoms with Crippen LogP contribution in [0.3, 0.4) is 0 Å². The van der Waals surface area contributed by atoms with E-state index in [4.69, 9.17) is 5.73 Å². The van der Waals surface area contributed by atoms with Crippen molar-refractivity contribution in [3.05, 3.63) is 35.1 Å². The number of nitrogens with two attached hydrogens (primary N) is 1. The highest BCUT2D eigenvalue weighted by atomic mass is 32.2. The van der Waals surface area contributed by atoms with Gasteiger partial charge in [0.15, 0.2) is 0 Å². The van der Waals surface area contributed by atoms with Gasteiger partial charge in [0.25, 0.3) is 0 Å². The van der Waals surface area contributed by atoms with Crippen molar-refractivity contribution < 1.29 is 4.39 Å². The number of halogens is 1. The van der Waals surface area contributed by atoms with Gasteiger partial charge in [-0.25, -0.2) is 4.39 Å². The van der Waals surface area contributed by atoms with Crippen LogP contribution < -0.4 is 5.73 Å². The summed E-state index contributed by atoms with van der Waals surface area (Å²) in [5, 5.41) is 0.660. The molecule has 1 unspecified atom stereocenters. The average Bonchev–Trinajstić information content (AvgIpc) is 2.39. The summed E-state index contributed by atoms with van der Waals surface area (Å²) >= 11 is 2.01. The molecule has 102 valence electrons. The molecule has 0 saturated carbocycles. The Kier molecular flexibility index (Phi) is 5.26. The van der Waals surface area contributed by atoms with Gasteiger partial charge in [0.1, 0.15) is 5.82 Å². The van der Waals surface area contributed by atoms with Crippen LogP contribution in [0.2, 0.25) is 0 Å². The zero-order valence-corrected chi connectivity index (χ0v) is 12.0. The van der Waals surface area contributed by atoms with Crippen molar-refractivity contribution >= 4 is 11.8 Å². The SMILES string of the molecule is CC1CN(Cc2ccc(F)cc2C#CCN)CCS1. The largest absolute Gasteiger partial charge is 0.320 e. The molecule has 1 aliphatic rings. The van der Waals surface area contributed by atoms with Crippen molar-refractivity contribution in [2.24, 2.45) is 5.73 Å². The summed E-state index contributed by atoms with van der Waals surface area (Å²) < 4.78 is 13.3. The Labute approximate surface area is 118 Å². The predicted octanol–water partition coefficient (Wildman–Crippen LogP) is 2.07. The molecule has 1 aromatic rings. The molecule has 0 amide bonds. The van der Waals surface area contributed by atoms with Gasteiger partial charge < -0.3 is 5.73 Å². The minimum absolute atomic E-state index is 0.243. The third-order valence-corrected chi connectivity index (χ3v) is 4.25.